The van der Waals surface area contributed by atoms with Gasteiger partial charge in [0.15, 0.2) is 0 Å². The van der Waals surface area contributed by atoms with Crippen molar-refractivity contribution in [3.63, 3.8) is 0 Å². The first-order chi connectivity index (χ1) is 8.58. The van der Waals surface area contributed by atoms with E-state index in [0.717, 1.165) is 5.56 Å². The predicted molar refractivity (Wildman–Crippen MR) is 73.7 cm³/mol. The Bertz CT molecular complexity index is 644. The van der Waals surface area contributed by atoms with E-state index in [9.17, 15) is 7.67 Å². The van der Waals surface area contributed by atoms with Crippen molar-refractivity contribution < 1.29 is 7.67 Å². The van der Waals surface area contributed by atoms with Gasteiger partial charge in [-0.25, -0.2) is 0 Å². The third-order valence-electron chi connectivity index (χ3n) is 2.38. The summed E-state index contributed by atoms with van der Waals surface area (Å²) in [6, 6.07) is 15.4. The molecule has 0 radical (unpaired) electrons. The Morgan fingerprint density at radius 1 is 0.889 bits per heavy atom. The van der Waals surface area contributed by atoms with Gasteiger partial charge in [-0.05, 0) is 0 Å². The van der Waals surface area contributed by atoms with Crippen molar-refractivity contribution in [2.24, 2.45) is 0 Å². The first-order valence-corrected chi connectivity index (χ1v) is 8.94. The molecule has 92 valence electrons. The van der Waals surface area contributed by atoms with Gasteiger partial charge < -0.3 is 0 Å². The third kappa shape index (κ3) is 3.30. The van der Waals surface area contributed by atoms with E-state index < -0.39 is 12.7 Å². The Balaban J connectivity index is 2.26. The number of rotatable bonds is 3. The average molecular weight is 326 g/mol. The molecule has 0 N–H and O–H groups in total. The average Bonchev–Trinajstić information content (AvgIpc) is 2.39. The fraction of sp³-hybridized carbons (Fsp3) is 0. The molecule has 4 heteroatoms. The molecule has 0 heterocycles. The minimum atomic E-state index is -4.18. The van der Waals surface area contributed by atoms with Gasteiger partial charge in [-0.1, -0.05) is 0 Å². The molecule has 0 spiro atoms. The minimum absolute atomic E-state index is 0.360. The molecule has 0 aliphatic rings. The molecule has 0 aliphatic carbocycles. The molecular formula is C14H11ClO2Se. The van der Waals surface area contributed by atoms with E-state index in [0.29, 0.717) is 9.48 Å². The second kappa shape index (κ2) is 5.49. The van der Waals surface area contributed by atoms with E-state index in [1.54, 1.807) is 60.7 Å². The van der Waals surface area contributed by atoms with Crippen LogP contribution in [0.25, 0.3) is 6.08 Å². The van der Waals surface area contributed by atoms with E-state index in [-0.39, 0.29) is 0 Å². The van der Waals surface area contributed by atoms with Crippen LogP contribution in [0.2, 0.25) is 5.02 Å². The van der Waals surface area contributed by atoms with Gasteiger partial charge in [-0.3, -0.25) is 0 Å². The molecule has 0 fully saturated rings. The predicted octanol–water partition coefficient (Wildman–Crippen LogP) is 3.10. The second-order valence-corrected chi connectivity index (χ2v) is 8.00. The van der Waals surface area contributed by atoms with E-state index in [4.69, 9.17) is 11.6 Å². The van der Waals surface area contributed by atoms with Gasteiger partial charge in [-0.15, -0.1) is 0 Å². The SMILES string of the molecule is O=[Se](=O)(/C=C/c1ccc(Cl)cc1)c1ccccc1. The Hall–Kier alpha value is -1.41. The molecule has 0 aromatic heterocycles. The zero-order valence-electron chi connectivity index (χ0n) is 9.45. The molecule has 0 atom stereocenters. The molecule has 2 nitrogen and oxygen atoms in total. The molecule has 2 rings (SSSR count). The molecule has 0 saturated heterocycles. The van der Waals surface area contributed by atoms with Crippen LogP contribution in [0.15, 0.2) is 59.6 Å². The zero-order valence-corrected chi connectivity index (χ0v) is 11.9. The van der Waals surface area contributed by atoms with Crippen LogP contribution in [0, 0.1) is 0 Å². The van der Waals surface area contributed by atoms with Gasteiger partial charge in [0.05, 0.1) is 0 Å². The summed E-state index contributed by atoms with van der Waals surface area (Å²) in [7, 11) is 0. The Morgan fingerprint density at radius 2 is 1.50 bits per heavy atom. The summed E-state index contributed by atoms with van der Waals surface area (Å²) in [5.41, 5.74) is 0.809. The van der Waals surface area contributed by atoms with Gasteiger partial charge in [0.2, 0.25) is 0 Å². The van der Waals surface area contributed by atoms with Crippen molar-refractivity contribution in [1.82, 2.24) is 0 Å². The monoisotopic (exact) mass is 326 g/mol. The van der Waals surface area contributed by atoms with E-state index in [1.165, 1.54) is 4.97 Å². The van der Waals surface area contributed by atoms with Crippen molar-refractivity contribution in [2.75, 3.05) is 0 Å². The van der Waals surface area contributed by atoms with Crippen molar-refractivity contribution >= 4 is 34.8 Å². The molecule has 2 aromatic carbocycles. The molecule has 0 amide bonds. The standard InChI is InChI=1S/C14H11ClO2Se/c15-13-8-6-12(7-9-13)10-11-18(16,17)14-4-2-1-3-5-14/h1-11H/b11-10+. The van der Waals surface area contributed by atoms with Crippen LogP contribution in [-0.2, 0) is 7.67 Å². The van der Waals surface area contributed by atoms with Gasteiger partial charge in [0, 0.05) is 0 Å². The van der Waals surface area contributed by atoms with Crippen LogP contribution in [0.1, 0.15) is 5.56 Å². The van der Waals surface area contributed by atoms with E-state index in [2.05, 4.69) is 0 Å². The molecular weight excluding hydrogens is 315 g/mol. The molecule has 18 heavy (non-hydrogen) atoms. The summed E-state index contributed by atoms with van der Waals surface area (Å²) in [6.45, 7) is 0. The number of halogens is 1. The Morgan fingerprint density at radius 3 is 2.11 bits per heavy atom. The van der Waals surface area contributed by atoms with Crippen molar-refractivity contribution in [2.45, 2.75) is 0 Å². The maximum absolute atomic E-state index is 12.0. The summed E-state index contributed by atoms with van der Waals surface area (Å²) in [6.07, 6.45) is 1.59. The van der Waals surface area contributed by atoms with Gasteiger partial charge >= 0.3 is 113 Å². The van der Waals surface area contributed by atoms with Crippen molar-refractivity contribution in [1.29, 1.82) is 0 Å². The third-order valence-corrected chi connectivity index (χ3v) is 5.62. The maximum atomic E-state index is 12.0. The Kier molecular flexibility index (Phi) is 3.97. The molecule has 2 aromatic rings. The van der Waals surface area contributed by atoms with Crippen LogP contribution >= 0.6 is 11.6 Å². The van der Waals surface area contributed by atoms with Crippen molar-refractivity contribution in [3.05, 3.63) is 70.2 Å². The topological polar surface area (TPSA) is 34.1 Å². The van der Waals surface area contributed by atoms with E-state index in [1.807, 2.05) is 0 Å². The number of benzene rings is 2. The first-order valence-electron chi connectivity index (χ1n) is 5.32. The molecule has 0 aliphatic heterocycles. The van der Waals surface area contributed by atoms with Gasteiger partial charge in [0.1, 0.15) is 0 Å². The summed E-state index contributed by atoms with van der Waals surface area (Å²) in [5.74, 6) is 0. The van der Waals surface area contributed by atoms with Crippen LogP contribution in [-0.4, -0.2) is 12.7 Å². The van der Waals surface area contributed by atoms with Gasteiger partial charge in [0.25, 0.3) is 0 Å². The quantitative estimate of drug-likeness (QED) is 0.813. The van der Waals surface area contributed by atoms with Gasteiger partial charge in [-0.2, -0.15) is 0 Å². The normalized spacial score (nSPS) is 11.8. The fourth-order valence-electron chi connectivity index (χ4n) is 1.43. The second-order valence-electron chi connectivity index (χ2n) is 3.71. The first kappa shape index (κ1) is 13.0. The fourth-order valence-corrected chi connectivity index (χ4v) is 3.72. The summed E-state index contributed by atoms with van der Waals surface area (Å²) >= 11 is 1.58. The van der Waals surface area contributed by atoms with Crippen LogP contribution in [0.4, 0.5) is 0 Å². The summed E-state index contributed by atoms with van der Waals surface area (Å²) in [5, 5.41) is 0.629. The zero-order chi connectivity index (χ0) is 13.0. The number of hydrogen-bond acceptors (Lipinski definition) is 2. The molecule has 0 unspecified atom stereocenters. The summed E-state index contributed by atoms with van der Waals surface area (Å²) < 4.78 is 24.4. The number of hydrogen-bond donors (Lipinski definition) is 0. The van der Waals surface area contributed by atoms with Crippen LogP contribution < -0.4 is 4.46 Å². The van der Waals surface area contributed by atoms with Crippen molar-refractivity contribution in [3.8, 4) is 0 Å². The van der Waals surface area contributed by atoms with Crippen LogP contribution in [0.5, 0.6) is 0 Å². The Labute approximate surface area is 113 Å². The summed E-state index contributed by atoms with van der Waals surface area (Å²) in [4.78, 5) is 1.27. The van der Waals surface area contributed by atoms with Crippen LogP contribution in [0.3, 0.4) is 0 Å². The molecule has 0 saturated carbocycles. The van der Waals surface area contributed by atoms with E-state index >= 15 is 0 Å². The molecule has 0 bridgehead atoms.